The number of fused-ring (bicyclic) bond motifs is 2. The van der Waals surface area contributed by atoms with Crippen molar-refractivity contribution in [2.45, 2.75) is 31.1 Å². The number of hydrogen-bond donors (Lipinski definition) is 3. The van der Waals surface area contributed by atoms with Gasteiger partial charge in [-0.2, -0.15) is 0 Å². The van der Waals surface area contributed by atoms with Gasteiger partial charge in [0, 0.05) is 27.9 Å². The first kappa shape index (κ1) is 15.3. The molecule has 24 heavy (non-hydrogen) atoms. The molecule has 3 N–H and O–H groups in total. The summed E-state index contributed by atoms with van der Waals surface area (Å²) in [7, 11) is 0. The Balaban J connectivity index is 1.95. The number of aromatic hydroxyl groups is 2. The van der Waals surface area contributed by atoms with Crippen molar-refractivity contribution in [2.24, 2.45) is 0 Å². The minimum atomic E-state index is -1.12. The van der Waals surface area contributed by atoms with Crippen LogP contribution in [0.2, 0.25) is 0 Å². The van der Waals surface area contributed by atoms with Gasteiger partial charge in [-0.1, -0.05) is 0 Å². The van der Waals surface area contributed by atoms with Crippen molar-refractivity contribution in [3.8, 4) is 17.4 Å². The number of rotatable bonds is 2. The van der Waals surface area contributed by atoms with Crippen molar-refractivity contribution in [3.05, 3.63) is 39.4 Å². The minimum Gasteiger partial charge on any atom is -0.494 e. The molecular weight excluding hydrogens is 378 g/mol. The van der Waals surface area contributed by atoms with Gasteiger partial charge in [0.05, 0.1) is 11.3 Å². The summed E-state index contributed by atoms with van der Waals surface area (Å²) in [4.78, 5) is 23.4. The van der Waals surface area contributed by atoms with Gasteiger partial charge in [-0.15, -0.1) is 0 Å². The van der Waals surface area contributed by atoms with E-state index in [2.05, 4.69) is 15.9 Å². The van der Waals surface area contributed by atoms with E-state index in [1.807, 2.05) is 0 Å². The van der Waals surface area contributed by atoms with Crippen molar-refractivity contribution in [2.75, 3.05) is 0 Å². The molecule has 1 aromatic heterocycles. The number of Topliss-reactive ketones (excluding diaryl/α,β-unsaturated/α-hetero) is 1. The number of aromatic nitrogens is 1. The Bertz CT molecular complexity index is 901. The van der Waals surface area contributed by atoms with Gasteiger partial charge in [0.25, 0.3) is 0 Å². The Morgan fingerprint density at radius 3 is 2.54 bits per heavy atom. The van der Waals surface area contributed by atoms with Gasteiger partial charge >= 0.3 is 5.97 Å². The Morgan fingerprint density at radius 1 is 1.17 bits per heavy atom. The van der Waals surface area contributed by atoms with Crippen molar-refractivity contribution >= 4 is 27.7 Å². The van der Waals surface area contributed by atoms with Crippen molar-refractivity contribution in [1.29, 1.82) is 0 Å². The summed E-state index contributed by atoms with van der Waals surface area (Å²) in [6, 6.07) is 4.53. The highest BCUT2D eigenvalue weighted by Gasteiger charge is 2.45. The van der Waals surface area contributed by atoms with Gasteiger partial charge in [0.1, 0.15) is 5.78 Å². The molecule has 0 unspecified atom stereocenters. The molecule has 2 bridgehead atoms. The third kappa shape index (κ3) is 1.94. The second kappa shape index (κ2) is 5.11. The van der Waals surface area contributed by atoms with Crippen LogP contribution in [-0.2, 0) is 4.79 Å². The normalized spacial score (nSPS) is 21.8. The third-order valence-corrected chi connectivity index (χ3v) is 5.72. The molecule has 6 nitrogen and oxygen atoms in total. The molecule has 3 aliphatic rings. The molecule has 1 fully saturated rings. The predicted octanol–water partition coefficient (Wildman–Crippen LogP) is 3.28. The van der Waals surface area contributed by atoms with Crippen LogP contribution in [0.5, 0.6) is 11.8 Å². The molecule has 7 heteroatoms. The average molecular weight is 392 g/mol. The monoisotopic (exact) mass is 391 g/mol. The highest BCUT2D eigenvalue weighted by atomic mass is 79.9. The standard InChI is InChI=1S/C17H14BrNO5/c18-11-4-2-8(6-10(11)17(23)24)19-15(21)13-7-1-3-9(12(20)5-7)14(13)16(19)22/h2,4,6-7,9,21-22H,1,3,5H2,(H,23,24)/t7-,9+/m0/s1. The molecule has 124 valence electrons. The summed E-state index contributed by atoms with van der Waals surface area (Å²) in [5.41, 5.74) is 1.49. The second-order valence-corrected chi connectivity index (χ2v) is 7.13. The highest BCUT2D eigenvalue weighted by Crippen LogP contribution is 2.55. The number of ketones is 1. The van der Waals surface area contributed by atoms with Crippen LogP contribution in [0.25, 0.3) is 5.69 Å². The van der Waals surface area contributed by atoms with E-state index in [4.69, 9.17) is 0 Å². The maximum absolute atomic E-state index is 12.1. The van der Waals surface area contributed by atoms with Crippen molar-refractivity contribution < 1.29 is 24.9 Å². The van der Waals surface area contributed by atoms with Crippen LogP contribution in [0.15, 0.2) is 22.7 Å². The van der Waals surface area contributed by atoms with Gasteiger partial charge in [-0.05, 0) is 52.9 Å². The molecule has 1 aromatic carbocycles. The summed E-state index contributed by atoms with van der Waals surface area (Å²) < 4.78 is 1.64. The molecule has 2 aromatic rings. The van der Waals surface area contributed by atoms with Crippen LogP contribution in [0, 0.1) is 0 Å². The molecule has 3 aliphatic carbocycles. The Morgan fingerprint density at radius 2 is 1.88 bits per heavy atom. The van der Waals surface area contributed by atoms with Crippen LogP contribution in [0.4, 0.5) is 0 Å². The van der Waals surface area contributed by atoms with E-state index in [0.717, 1.165) is 6.42 Å². The summed E-state index contributed by atoms with van der Waals surface area (Å²) in [6.07, 6.45) is 1.87. The minimum absolute atomic E-state index is 0.0250. The van der Waals surface area contributed by atoms with Gasteiger partial charge in [0.2, 0.25) is 11.8 Å². The number of halogens is 1. The van der Waals surface area contributed by atoms with Gasteiger partial charge < -0.3 is 15.3 Å². The smallest absolute Gasteiger partial charge is 0.336 e. The SMILES string of the molecule is O=C(O)c1cc(-n2c(O)c3c(c2O)[C@@H]2CC[C@H]3CC2=O)ccc1Br. The van der Waals surface area contributed by atoms with Crippen molar-refractivity contribution in [1.82, 2.24) is 4.57 Å². The molecule has 2 atom stereocenters. The molecular formula is C17H14BrNO5. The number of carboxylic acid groups (broad SMARTS) is 1. The zero-order valence-corrected chi connectivity index (χ0v) is 14.1. The van der Waals surface area contributed by atoms with Gasteiger partial charge in [-0.3, -0.25) is 9.36 Å². The molecule has 0 amide bonds. The average Bonchev–Trinajstić information content (AvgIpc) is 2.81. The first-order valence-electron chi connectivity index (χ1n) is 7.62. The van der Waals surface area contributed by atoms with E-state index in [0.29, 0.717) is 34.1 Å². The van der Waals surface area contributed by atoms with E-state index in [9.17, 15) is 24.9 Å². The summed E-state index contributed by atoms with van der Waals surface area (Å²) >= 11 is 3.17. The fourth-order valence-electron chi connectivity index (χ4n) is 3.96. The molecule has 0 aliphatic heterocycles. The molecule has 0 saturated heterocycles. The Kier molecular flexibility index (Phi) is 3.25. The number of carboxylic acids is 1. The largest absolute Gasteiger partial charge is 0.494 e. The van der Waals surface area contributed by atoms with Gasteiger partial charge in [-0.25, -0.2) is 4.79 Å². The number of aromatic carboxylic acids is 1. The van der Waals surface area contributed by atoms with E-state index < -0.39 is 5.97 Å². The zero-order valence-electron chi connectivity index (χ0n) is 12.5. The fraction of sp³-hybridized carbons (Fsp3) is 0.294. The summed E-state index contributed by atoms with van der Waals surface area (Å²) in [5.74, 6) is -1.78. The topological polar surface area (TPSA) is 99.8 Å². The van der Waals surface area contributed by atoms with Crippen LogP contribution < -0.4 is 0 Å². The van der Waals surface area contributed by atoms with Crippen LogP contribution in [0.1, 0.15) is 52.6 Å². The lowest BCUT2D eigenvalue weighted by molar-refractivity contribution is -0.123. The van der Waals surface area contributed by atoms with Crippen LogP contribution >= 0.6 is 15.9 Å². The molecule has 0 radical (unpaired) electrons. The van der Waals surface area contributed by atoms with E-state index in [1.165, 1.54) is 10.6 Å². The van der Waals surface area contributed by atoms with E-state index >= 15 is 0 Å². The first-order chi connectivity index (χ1) is 11.4. The Labute approximate surface area is 145 Å². The van der Waals surface area contributed by atoms with Crippen LogP contribution in [0.3, 0.4) is 0 Å². The predicted molar refractivity (Wildman–Crippen MR) is 88.1 cm³/mol. The lowest BCUT2D eigenvalue weighted by Gasteiger charge is -2.34. The highest BCUT2D eigenvalue weighted by molar-refractivity contribution is 9.10. The molecule has 1 saturated carbocycles. The summed E-state index contributed by atoms with van der Waals surface area (Å²) in [6.45, 7) is 0. The molecule has 5 rings (SSSR count). The quantitative estimate of drug-likeness (QED) is 0.729. The first-order valence-corrected chi connectivity index (χ1v) is 8.41. The zero-order chi connectivity index (χ0) is 17.2. The number of benzene rings is 1. The molecule has 1 heterocycles. The van der Waals surface area contributed by atoms with E-state index in [-0.39, 0.29) is 34.9 Å². The van der Waals surface area contributed by atoms with Gasteiger partial charge in [0.15, 0.2) is 0 Å². The maximum atomic E-state index is 12.1. The third-order valence-electron chi connectivity index (χ3n) is 5.03. The fourth-order valence-corrected chi connectivity index (χ4v) is 4.37. The number of hydrogen-bond acceptors (Lipinski definition) is 4. The van der Waals surface area contributed by atoms with Crippen LogP contribution in [-0.4, -0.2) is 31.6 Å². The number of nitrogens with zero attached hydrogens (tertiary/aromatic N) is 1. The van der Waals surface area contributed by atoms with Crippen molar-refractivity contribution in [3.63, 3.8) is 0 Å². The Hall–Kier alpha value is -2.28. The lowest BCUT2D eigenvalue weighted by atomic mass is 9.67. The van der Waals surface area contributed by atoms with E-state index in [1.54, 1.807) is 12.1 Å². The lowest BCUT2D eigenvalue weighted by Crippen LogP contribution is -2.28. The number of carbonyl (C=O) groups is 2. The number of carbonyl (C=O) groups excluding carboxylic acids is 1. The maximum Gasteiger partial charge on any atom is 0.336 e. The second-order valence-electron chi connectivity index (χ2n) is 6.28. The molecule has 0 spiro atoms. The summed E-state index contributed by atoms with van der Waals surface area (Å²) in [5, 5.41) is 30.5.